The van der Waals surface area contributed by atoms with Crippen molar-refractivity contribution in [1.82, 2.24) is 10.2 Å². The van der Waals surface area contributed by atoms with Crippen LogP contribution in [-0.4, -0.2) is 50.0 Å². The fourth-order valence-corrected chi connectivity index (χ4v) is 6.41. The van der Waals surface area contributed by atoms with Gasteiger partial charge in [0, 0.05) is 46.2 Å². The maximum atomic E-state index is 13.5. The molecule has 1 aliphatic rings. The van der Waals surface area contributed by atoms with Crippen molar-refractivity contribution in [2.24, 2.45) is 0 Å². The quantitative estimate of drug-likeness (QED) is 0.318. The van der Waals surface area contributed by atoms with Crippen LogP contribution >= 0.6 is 46.4 Å². The molecule has 208 valence electrons. The second-order valence-electron chi connectivity index (χ2n) is 9.42. The first-order valence-electron chi connectivity index (χ1n) is 12.3. The Labute approximate surface area is 244 Å². The van der Waals surface area contributed by atoms with Crippen LogP contribution in [0, 0.1) is 0 Å². The third kappa shape index (κ3) is 8.15. The minimum Gasteiger partial charge on any atom is -0.352 e. The highest BCUT2D eigenvalue weighted by molar-refractivity contribution is 7.92. The lowest BCUT2D eigenvalue weighted by Crippen LogP contribution is -2.49. The zero-order valence-electron chi connectivity index (χ0n) is 21.2. The van der Waals surface area contributed by atoms with Gasteiger partial charge in [0.1, 0.15) is 6.04 Å². The summed E-state index contributed by atoms with van der Waals surface area (Å²) in [5.41, 5.74) is 0.770. The number of amides is 2. The number of halogens is 4. The maximum Gasteiger partial charge on any atom is 0.242 e. The maximum absolute atomic E-state index is 13.5. The number of rotatable bonds is 11. The van der Waals surface area contributed by atoms with Crippen molar-refractivity contribution in [3.63, 3.8) is 0 Å². The van der Waals surface area contributed by atoms with Gasteiger partial charge in [0.25, 0.3) is 0 Å². The Morgan fingerprint density at radius 3 is 2.26 bits per heavy atom. The topological polar surface area (TPSA) is 86.8 Å². The lowest BCUT2D eigenvalue weighted by Gasteiger charge is -2.31. The Morgan fingerprint density at radius 2 is 1.66 bits per heavy atom. The van der Waals surface area contributed by atoms with Gasteiger partial charge in [-0.2, -0.15) is 0 Å². The molecule has 0 saturated heterocycles. The summed E-state index contributed by atoms with van der Waals surface area (Å²) < 4.78 is 26.2. The Hall–Kier alpha value is -1.71. The van der Waals surface area contributed by atoms with Gasteiger partial charge in [-0.05, 0) is 56.5 Å². The molecule has 0 radical (unpaired) electrons. The Kier molecular flexibility index (Phi) is 11.0. The predicted molar refractivity (Wildman–Crippen MR) is 155 cm³/mol. The average molecular weight is 623 g/mol. The number of sulfonamides is 1. The Morgan fingerprint density at radius 1 is 1.03 bits per heavy atom. The molecule has 2 aromatic rings. The molecule has 1 fully saturated rings. The highest BCUT2D eigenvalue weighted by Crippen LogP contribution is 2.31. The summed E-state index contributed by atoms with van der Waals surface area (Å²) in [5, 5.41) is 4.37. The fraction of sp³-hybridized carbons (Fsp3) is 0.462. The van der Waals surface area contributed by atoms with Gasteiger partial charge in [0.2, 0.25) is 21.8 Å². The number of nitrogens with one attached hydrogen (secondary N) is 1. The van der Waals surface area contributed by atoms with Crippen LogP contribution < -0.4 is 9.62 Å². The van der Waals surface area contributed by atoms with Crippen molar-refractivity contribution < 1.29 is 18.0 Å². The lowest BCUT2D eigenvalue weighted by molar-refractivity contribution is -0.140. The largest absolute Gasteiger partial charge is 0.352 e. The van der Waals surface area contributed by atoms with E-state index in [1.807, 2.05) is 0 Å². The van der Waals surface area contributed by atoms with E-state index >= 15 is 0 Å². The standard InChI is InChI=1S/C26H31Cl4N3O4S/c1-17(26(35)31-19-7-3-4-8-19)32(16-20-21(28)9-5-10-22(20)29)25(34)11-6-14-33(38(2,36)37)24-15-18(27)12-13-23(24)30/h5,9-10,12-13,15,17,19H,3-4,6-8,11,14,16H2,1-2H3,(H,31,35)/t17-/m0/s1. The van der Waals surface area contributed by atoms with Gasteiger partial charge < -0.3 is 10.2 Å². The molecular formula is C26H31Cl4N3O4S. The highest BCUT2D eigenvalue weighted by atomic mass is 35.5. The van der Waals surface area contributed by atoms with Crippen LogP contribution in [0.15, 0.2) is 36.4 Å². The number of nitrogens with zero attached hydrogens (tertiary/aromatic N) is 2. The molecule has 0 spiro atoms. The summed E-state index contributed by atoms with van der Waals surface area (Å²) >= 11 is 25.1. The van der Waals surface area contributed by atoms with E-state index in [1.165, 1.54) is 17.0 Å². The number of carbonyl (C=O) groups is 2. The van der Waals surface area contributed by atoms with E-state index in [0.29, 0.717) is 20.6 Å². The fourth-order valence-electron chi connectivity index (χ4n) is 4.49. The van der Waals surface area contributed by atoms with Gasteiger partial charge in [-0.3, -0.25) is 13.9 Å². The van der Waals surface area contributed by atoms with Gasteiger partial charge in [-0.1, -0.05) is 65.3 Å². The van der Waals surface area contributed by atoms with Crippen LogP contribution in [0.2, 0.25) is 20.1 Å². The highest BCUT2D eigenvalue weighted by Gasteiger charge is 2.30. The molecule has 0 unspecified atom stereocenters. The number of benzene rings is 2. The van der Waals surface area contributed by atoms with Gasteiger partial charge in [0.15, 0.2) is 0 Å². The minimum atomic E-state index is -3.71. The van der Waals surface area contributed by atoms with Crippen LogP contribution in [-0.2, 0) is 26.2 Å². The molecule has 0 aromatic heterocycles. The van der Waals surface area contributed by atoms with Gasteiger partial charge in [-0.15, -0.1) is 0 Å². The normalized spacial score (nSPS) is 14.8. The van der Waals surface area contributed by atoms with Crippen LogP contribution in [0.1, 0.15) is 51.0 Å². The van der Waals surface area contributed by atoms with E-state index < -0.39 is 16.1 Å². The van der Waals surface area contributed by atoms with Crippen molar-refractivity contribution in [3.05, 3.63) is 62.1 Å². The number of hydrogen-bond donors (Lipinski definition) is 1. The van der Waals surface area contributed by atoms with E-state index in [1.54, 1.807) is 31.2 Å². The SMILES string of the molecule is C[C@@H](C(=O)NC1CCCC1)N(Cc1c(Cl)cccc1Cl)C(=O)CCCN(c1cc(Cl)ccc1Cl)S(C)(=O)=O. The van der Waals surface area contributed by atoms with Crippen molar-refractivity contribution >= 4 is 73.9 Å². The number of hydrogen-bond acceptors (Lipinski definition) is 4. The Bertz CT molecular complexity index is 1250. The first kappa shape index (κ1) is 30.8. The van der Waals surface area contributed by atoms with Crippen LogP contribution in [0.4, 0.5) is 5.69 Å². The number of anilines is 1. The average Bonchev–Trinajstić information content (AvgIpc) is 3.35. The molecule has 0 bridgehead atoms. The molecule has 2 aromatic carbocycles. The van der Waals surface area contributed by atoms with E-state index in [4.69, 9.17) is 46.4 Å². The molecule has 0 aliphatic heterocycles. The molecule has 1 atom stereocenters. The molecule has 12 heteroatoms. The second kappa shape index (κ2) is 13.6. The van der Waals surface area contributed by atoms with E-state index in [0.717, 1.165) is 36.2 Å². The first-order chi connectivity index (χ1) is 17.9. The van der Waals surface area contributed by atoms with Gasteiger partial charge in [-0.25, -0.2) is 8.42 Å². The molecule has 0 heterocycles. The van der Waals surface area contributed by atoms with Crippen molar-refractivity contribution in [2.75, 3.05) is 17.1 Å². The monoisotopic (exact) mass is 621 g/mol. The Balaban J connectivity index is 1.78. The van der Waals surface area contributed by atoms with E-state index in [9.17, 15) is 18.0 Å². The molecule has 3 rings (SSSR count). The number of carbonyl (C=O) groups excluding carboxylic acids is 2. The summed E-state index contributed by atoms with van der Waals surface area (Å²) in [6, 6.07) is 8.90. The van der Waals surface area contributed by atoms with Crippen molar-refractivity contribution in [2.45, 2.75) is 64.1 Å². The lowest BCUT2D eigenvalue weighted by atomic mass is 10.1. The minimum absolute atomic E-state index is 0.00598. The smallest absolute Gasteiger partial charge is 0.242 e. The van der Waals surface area contributed by atoms with E-state index in [2.05, 4.69) is 5.32 Å². The zero-order valence-corrected chi connectivity index (χ0v) is 25.1. The molecule has 1 saturated carbocycles. The van der Waals surface area contributed by atoms with Crippen LogP contribution in [0.25, 0.3) is 0 Å². The third-order valence-corrected chi connectivity index (χ3v) is 9.03. The molecule has 1 N–H and O–H groups in total. The summed E-state index contributed by atoms with van der Waals surface area (Å²) in [7, 11) is -3.71. The molecule has 2 amide bonds. The van der Waals surface area contributed by atoms with Gasteiger partial charge in [0.05, 0.1) is 17.0 Å². The van der Waals surface area contributed by atoms with Crippen molar-refractivity contribution in [1.29, 1.82) is 0 Å². The van der Waals surface area contributed by atoms with Gasteiger partial charge >= 0.3 is 0 Å². The molecule has 7 nitrogen and oxygen atoms in total. The van der Waals surface area contributed by atoms with E-state index in [-0.39, 0.29) is 54.5 Å². The second-order valence-corrected chi connectivity index (χ2v) is 13.0. The third-order valence-electron chi connectivity index (χ3n) is 6.59. The van der Waals surface area contributed by atoms with Crippen LogP contribution in [0.3, 0.4) is 0 Å². The molecular weight excluding hydrogens is 592 g/mol. The summed E-state index contributed by atoms with van der Waals surface area (Å²) in [6.45, 7) is 1.70. The first-order valence-corrected chi connectivity index (χ1v) is 15.7. The van der Waals surface area contributed by atoms with Crippen molar-refractivity contribution in [3.8, 4) is 0 Å². The predicted octanol–water partition coefficient (Wildman–Crippen LogP) is 6.32. The summed E-state index contributed by atoms with van der Waals surface area (Å²) in [5.74, 6) is -0.586. The van der Waals surface area contributed by atoms with Crippen LogP contribution in [0.5, 0.6) is 0 Å². The summed E-state index contributed by atoms with van der Waals surface area (Å²) in [4.78, 5) is 28.0. The summed E-state index contributed by atoms with van der Waals surface area (Å²) in [6.07, 6.45) is 5.17. The molecule has 38 heavy (non-hydrogen) atoms. The zero-order chi connectivity index (χ0) is 28.0. The molecule has 1 aliphatic carbocycles.